The molecule has 78 valence electrons. The van der Waals surface area contributed by atoms with Gasteiger partial charge in [0.2, 0.25) is 0 Å². The largest absolute Gasteiger partial charge is 0.307 e. The first-order chi connectivity index (χ1) is 7.34. The van der Waals surface area contributed by atoms with Crippen LogP contribution in [0.4, 0.5) is 0 Å². The molecular formula is C10H12N4O. The van der Waals surface area contributed by atoms with E-state index in [0.717, 1.165) is 25.2 Å². The Morgan fingerprint density at radius 2 is 2.40 bits per heavy atom. The van der Waals surface area contributed by atoms with Gasteiger partial charge in [0.05, 0.1) is 6.04 Å². The number of rotatable bonds is 1. The van der Waals surface area contributed by atoms with Gasteiger partial charge in [-0.05, 0) is 25.5 Å². The SMILES string of the molecule is O=c1cccc2nc(C3CCCN3)[nH]n12. The minimum absolute atomic E-state index is 0.0655. The van der Waals surface area contributed by atoms with E-state index in [-0.39, 0.29) is 11.6 Å². The summed E-state index contributed by atoms with van der Waals surface area (Å²) in [7, 11) is 0. The fourth-order valence-electron chi connectivity index (χ4n) is 2.01. The second-order valence-corrected chi connectivity index (χ2v) is 3.82. The van der Waals surface area contributed by atoms with E-state index in [1.54, 1.807) is 6.07 Å². The Bertz CT molecular complexity index is 536. The normalized spacial score (nSPS) is 21.2. The van der Waals surface area contributed by atoms with E-state index in [2.05, 4.69) is 15.4 Å². The number of H-pyrrole nitrogens is 1. The molecule has 0 aromatic carbocycles. The van der Waals surface area contributed by atoms with Crippen LogP contribution in [0.1, 0.15) is 24.7 Å². The number of aromatic nitrogens is 3. The molecular weight excluding hydrogens is 192 g/mol. The van der Waals surface area contributed by atoms with Crippen molar-refractivity contribution in [3.63, 3.8) is 0 Å². The molecule has 1 aliphatic rings. The lowest BCUT2D eigenvalue weighted by molar-refractivity contribution is 0.603. The molecule has 1 atom stereocenters. The predicted octanol–water partition coefficient (Wildman–Crippen LogP) is 0.447. The van der Waals surface area contributed by atoms with Crippen molar-refractivity contribution in [2.45, 2.75) is 18.9 Å². The maximum Gasteiger partial charge on any atom is 0.271 e. The van der Waals surface area contributed by atoms with Crippen molar-refractivity contribution in [2.75, 3.05) is 6.54 Å². The Hall–Kier alpha value is -1.62. The van der Waals surface area contributed by atoms with Gasteiger partial charge in [-0.25, -0.2) is 9.50 Å². The van der Waals surface area contributed by atoms with Gasteiger partial charge in [-0.15, -0.1) is 0 Å². The monoisotopic (exact) mass is 204 g/mol. The smallest absolute Gasteiger partial charge is 0.271 e. The Morgan fingerprint density at radius 1 is 1.47 bits per heavy atom. The first-order valence-corrected chi connectivity index (χ1v) is 5.16. The summed E-state index contributed by atoms with van der Waals surface area (Å²) in [6.07, 6.45) is 2.24. The molecule has 1 fully saturated rings. The van der Waals surface area contributed by atoms with Crippen LogP contribution in [-0.2, 0) is 0 Å². The van der Waals surface area contributed by atoms with Gasteiger partial charge >= 0.3 is 0 Å². The summed E-state index contributed by atoms with van der Waals surface area (Å²) in [6, 6.07) is 5.35. The van der Waals surface area contributed by atoms with Crippen molar-refractivity contribution in [3.05, 3.63) is 34.4 Å². The number of hydrogen-bond acceptors (Lipinski definition) is 3. The standard InChI is InChI=1S/C10H12N4O/c15-9-5-1-4-8-12-10(13-14(8)9)7-3-2-6-11-7/h1,4-5,7,11H,2-3,6H2,(H,12,13). The molecule has 0 spiro atoms. The maximum atomic E-state index is 11.5. The van der Waals surface area contributed by atoms with Crippen molar-refractivity contribution in [1.29, 1.82) is 0 Å². The van der Waals surface area contributed by atoms with Crippen LogP contribution in [0.15, 0.2) is 23.0 Å². The Balaban J connectivity index is 2.13. The van der Waals surface area contributed by atoms with E-state index in [9.17, 15) is 4.79 Å². The van der Waals surface area contributed by atoms with Gasteiger partial charge in [0.1, 0.15) is 5.82 Å². The van der Waals surface area contributed by atoms with Crippen LogP contribution in [0.2, 0.25) is 0 Å². The second kappa shape index (κ2) is 3.20. The summed E-state index contributed by atoms with van der Waals surface area (Å²) < 4.78 is 1.48. The van der Waals surface area contributed by atoms with E-state index in [1.165, 1.54) is 10.6 Å². The average Bonchev–Trinajstić information content (AvgIpc) is 2.86. The molecule has 5 nitrogen and oxygen atoms in total. The molecule has 2 N–H and O–H groups in total. The molecule has 0 aliphatic carbocycles. The number of hydrogen-bond donors (Lipinski definition) is 2. The van der Waals surface area contributed by atoms with Crippen LogP contribution in [-0.4, -0.2) is 21.1 Å². The minimum Gasteiger partial charge on any atom is -0.307 e. The number of pyridine rings is 1. The molecule has 2 aromatic rings. The van der Waals surface area contributed by atoms with Crippen LogP contribution in [0.25, 0.3) is 5.65 Å². The van der Waals surface area contributed by atoms with Crippen LogP contribution in [0.5, 0.6) is 0 Å². The number of nitrogens with one attached hydrogen (secondary N) is 2. The van der Waals surface area contributed by atoms with Crippen LogP contribution in [0, 0.1) is 0 Å². The van der Waals surface area contributed by atoms with E-state index in [0.29, 0.717) is 5.65 Å². The number of fused-ring (bicyclic) bond motifs is 1. The van der Waals surface area contributed by atoms with Crippen molar-refractivity contribution < 1.29 is 0 Å². The van der Waals surface area contributed by atoms with Gasteiger partial charge in [0.25, 0.3) is 5.56 Å². The van der Waals surface area contributed by atoms with Crippen molar-refractivity contribution in [1.82, 2.24) is 19.9 Å². The third-order valence-corrected chi connectivity index (χ3v) is 2.79. The lowest BCUT2D eigenvalue weighted by atomic mass is 10.2. The van der Waals surface area contributed by atoms with Crippen LogP contribution >= 0.6 is 0 Å². The van der Waals surface area contributed by atoms with Crippen LogP contribution < -0.4 is 10.9 Å². The van der Waals surface area contributed by atoms with Crippen molar-refractivity contribution in [3.8, 4) is 0 Å². The molecule has 1 saturated heterocycles. The van der Waals surface area contributed by atoms with Gasteiger partial charge < -0.3 is 5.32 Å². The molecule has 1 aliphatic heterocycles. The summed E-state index contributed by atoms with van der Waals surface area (Å²) in [5, 5.41) is 6.38. The highest BCUT2D eigenvalue weighted by Crippen LogP contribution is 2.19. The van der Waals surface area contributed by atoms with Crippen LogP contribution in [0.3, 0.4) is 0 Å². The van der Waals surface area contributed by atoms with Gasteiger partial charge in [-0.1, -0.05) is 6.07 Å². The zero-order valence-corrected chi connectivity index (χ0v) is 8.23. The third kappa shape index (κ3) is 1.35. The van der Waals surface area contributed by atoms with Crippen molar-refractivity contribution >= 4 is 5.65 Å². The lowest BCUT2D eigenvalue weighted by Crippen LogP contribution is -2.16. The fourth-order valence-corrected chi connectivity index (χ4v) is 2.01. The summed E-state index contributed by atoms with van der Waals surface area (Å²) >= 11 is 0. The minimum atomic E-state index is -0.0655. The highest BCUT2D eigenvalue weighted by molar-refractivity contribution is 5.36. The Morgan fingerprint density at radius 3 is 3.13 bits per heavy atom. The molecule has 0 radical (unpaired) electrons. The third-order valence-electron chi connectivity index (χ3n) is 2.79. The number of nitrogens with zero attached hydrogens (tertiary/aromatic N) is 2. The second-order valence-electron chi connectivity index (χ2n) is 3.82. The van der Waals surface area contributed by atoms with Crippen molar-refractivity contribution in [2.24, 2.45) is 0 Å². The van der Waals surface area contributed by atoms with E-state index in [4.69, 9.17) is 0 Å². The van der Waals surface area contributed by atoms with Gasteiger partial charge in [-0.3, -0.25) is 9.89 Å². The molecule has 3 rings (SSSR count). The molecule has 15 heavy (non-hydrogen) atoms. The molecule has 1 unspecified atom stereocenters. The zero-order chi connectivity index (χ0) is 10.3. The molecule has 0 bridgehead atoms. The highest BCUT2D eigenvalue weighted by atomic mass is 16.1. The lowest BCUT2D eigenvalue weighted by Gasteiger charge is -2.03. The first-order valence-electron chi connectivity index (χ1n) is 5.16. The summed E-state index contributed by atoms with van der Waals surface area (Å²) in [6.45, 7) is 1.02. The summed E-state index contributed by atoms with van der Waals surface area (Å²) in [5.74, 6) is 0.857. The summed E-state index contributed by atoms with van der Waals surface area (Å²) in [4.78, 5) is 15.9. The topological polar surface area (TPSA) is 62.2 Å². The zero-order valence-electron chi connectivity index (χ0n) is 8.23. The number of aromatic amines is 1. The fraction of sp³-hybridized carbons (Fsp3) is 0.400. The summed E-state index contributed by atoms with van der Waals surface area (Å²) in [5.41, 5.74) is 0.621. The maximum absolute atomic E-state index is 11.5. The molecule has 0 amide bonds. The molecule has 3 heterocycles. The molecule has 5 heteroatoms. The predicted molar refractivity (Wildman–Crippen MR) is 55.8 cm³/mol. The average molecular weight is 204 g/mol. The van der Waals surface area contributed by atoms with E-state index < -0.39 is 0 Å². The van der Waals surface area contributed by atoms with E-state index >= 15 is 0 Å². The van der Waals surface area contributed by atoms with Gasteiger partial charge in [0.15, 0.2) is 5.65 Å². The molecule has 2 aromatic heterocycles. The Labute approximate surface area is 86.1 Å². The van der Waals surface area contributed by atoms with Gasteiger partial charge in [0, 0.05) is 6.07 Å². The van der Waals surface area contributed by atoms with E-state index in [1.807, 2.05) is 6.07 Å². The van der Waals surface area contributed by atoms with Gasteiger partial charge in [-0.2, -0.15) is 0 Å². The Kier molecular flexibility index (Phi) is 1.85. The highest BCUT2D eigenvalue weighted by Gasteiger charge is 2.19. The first kappa shape index (κ1) is 8.67. The quantitative estimate of drug-likeness (QED) is 0.708. The molecule has 0 saturated carbocycles.